The van der Waals surface area contributed by atoms with Crippen LogP contribution in [-0.4, -0.2) is 83.3 Å². The predicted molar refractivity (Wildman–Crippen MR) is 157 cm³/mol. The smallest absolute Gasteiger partial charge is 0.475 e. The second-order valence-electron chi connectivity index (χ2n) is 10.4. The highest BCUT2D eigenvalue weighted by molar-refractivity contribution is 6.30. The minimum absolute atomic E-state index is 0.0174. The topological polar surface area (TPSA) is 127 Å². The number of fused-ring (bicyclic) bond motifs is 1. The van der Waals surface area contributed by atoms with Gasteiger partial charge in [0.2, 0.25) is 17.8 Å². The lowest BCUT2D eigenvalue weighted by Gasteiger charge is -2.32. The number of nitrogens with one attached hydrogen (secondary N) is 2. The summed E-state index contributed by atoms with van der Waals surface area (Å²) >= 11 is 5.75. The Morgan fingerprint density at radius 3 is 2.09 bits per heavy atom. The Kier molecular flexibility index (Phi) is 10.5. The van der Waals surface area contributed by atoms with Gasteiger partial charge in [0.25, 0.3) is 5.91 Å². The Hall–Kier alpha value is -4.38. The summed E-state index contributed by atoms with van der Waals surface area (Å²) < 4.78 is 71.9. The molecule has 0 atom stereocenters. The Bertz CT molecular complexity index is 1580. The summed E-state index contributed by atoms with van der Waals surface area (Å²) in [5, 5.41) is 12.7. The van der Waals surface area contributed by atoms with Crippen LogP contribution in [0.3, 0.4) is 0 Å². The van der Waals surface area contributed by atoms with Gasteiger partial charge in [-0.2, -0.15) is 41.3 Å². The van der Waals surface area contributed by atoms with Gasteiger partial charge in [0.1, 0.15) is 0 Å². The van der Waals surface area contributed by atoms with Gasteiger partial charge in [-0.1, -0.05) is 23.7 Å². The van der Waals surface area contributed by atoms with Gasteiger partial charge in [-0.05, 0) is 48.0 Å². The van der Waals surface area contributed by atoms with Crippen LogP contribution < -0.4 is 20.4 Å². The highest BCUT2D eigenvalue weighted by atomic mass is 35.5. The van der Waals surface area contributed by atoms with Gasteiger partial charge in [0.15, 0.2) is 0 Å². The lowest BCUT2D eigenvalue weighted by molar-refractivity contribution is -0.192. The van der Waals surface area contributed by atoms with E-state index in [0.29, 0.717) is 36.5 Å². The number of benzene rings is 2. The molecule has 2 aromatic carbocycles. The third-order valence-electron chi connectivity index (χ3n) is 7.15. The number of hydrogen-bond donors (Lipinski definition) is 3. The fourth-order valence-electron chi connectivity index (χ4n) is 4.68. The number of carboxylic acid groups (broad SMARTS) is 1. The zero-order valence-electron chi connectivity index (χ0n) is 24.5. The van der Waals surface area contributed by atoms with Crippen molar-refractivity contribution in [2.24, 2.45) is 0 Å². The highest BCUT2D eigenvalue weighted by Crippen LogP contribution is 2.34. The number of anilines is 3. The number of halogens is 7. The van der Waals surface area contributed by atoms with Crippen LogP contribution in [0, 0.1) is 0 Å². The SMILES string of the molecule is CNc1nc(N2CCN(C)CC2)nc(N2Cc3ccc(C(=O)NCc4ccc(Cl)cc4C(F)(F)F)cc3C2)n1.O=C(O)C(F)(F)F. The maximum absolute atomic E-state index is 13.4. The van der Waals surface area contributed by atoms with E-state index in [9.17, 15) is 31.1 Å². The van der Waals surface area contributed by atoms with Crippen LogP contribution in [0.1, 0.15) is 32.6 Å². The number of nitrogens with zero attached hydrogens (tertiary/aromatic N) is 6. The number of piperazine rings is 1. The molecule has 0 bridgehead atoms. The number of aliphatic carboxylic acids is 1. The van der Waals surface area contributed by atoms with Crippen molar-refractivity contribution in [2.45, 2.75) is 32.0 Å². The quantitative estimate of drug-likeness (QED) is 0.324. The van der Waals surface area contributed by atoms with Crippen molar-refractivity contribution in [3.63, 3.8) is 0 Å². The van der Waals surface area contributed by atoms with Gasteiger partial charge in [-0.15, -0.1) is 0 Å². The Morgan fingerprint density at radius 1 is 0.891 bits per heavy atom. The van der Waals surface area contributed by atoms with Crippen molar-refractivity contribution in [3.05, 3.63) is 69.2 Å². The molecule has 1 fully saturated rings. The van der Waals surface area contributed by atoms with E-state index in [0.717, 1.165) is 43.4 Å². The molecule has 2 aliphatic heterocycles. The fraction of sp³-hybridized carbons (Fsp3) is 0.393. The lowest BCUT2D eigenvalue weighted by atomic mass is 10.0. The molecule has 1 amide bonds. The minimum atomic E-state index is -5.08. The molecule has 2 aliphatic rings. The van der Waals surface area contributed by atoms with Crippen LogP contribution in [0.15, 0.2) is 36.4 Å². The first-order valence-corrected chi connectivity index (χ1v) is 14.1. The van der Waals surface area contributed by atoms with Gasteiger partial charge in [0.05, 0.1) is 5.56 Å². The number of aromatic nitrogens is 3. The maximum atomic E-state index is 13.4. The number of rotatable bonds is 6. The van der Waals surface area contributed by atoms with Crippen molar-refractivity contribution in [2.75, 3.05) is 55.4 Å². The molecule has 0 radical (unpaired) electrons. The third kappa shape index (κ3) is 8.66. The standard InChI is InChI=1S/C26H28ClF3N8O.C2HF3O2/c1-31-23-33-24(37-9-7-36(2)8-10-37)35-25(34-23)38-14-18-4-3-16(11-19(18)15-38)22(39)32-13-17-5-6-20(27)12-21(17)26(28,29)30;3-2(4,5)1(6)7/h3-6,11-12H,7-10,13-15H2,1-2H3,(H,32,39)(H,31,33,34,35);(H,6,7). The van der Waals surface area contributed by atoms with Crippen LogP contribution >= 0.6 is 11.6 Å². The molecule has 3 N–H and O–H groups in total. The summed E-state index contributed by atoms with van der Waals surface area (Å²) in [6.07, 6.45) is -9.66. The average Bonchev–Trinajstić information content (AvgIpc) is 3.43. The average molecular weight is 675 g/mol. The fourth-order valence-corrected chi connectivity index (χ4v) is 4.85. The first-order valence-electron chi connectivity index (χ1n) is 13.7. The minimum Gasteiger partial charge on any atom is -0.475 e. The molecular weight excluding hydrogens is 646 g/mol. The van der Waals surface area contributed by atoms with Crippen LogP contribution in [0.25, 0.3) is 0 Å². The molecule has 3 aromatic rings. The number of carbonyl (C=O) groups excluding carboxylic acids is 1. The van der Waals surface area contributed by atoms with E-state index >= 15 is 0 Å². The second kappa shape index (κ2) is 13.9. The summed E-state index contributed by atoms with van der Waals surface area (Å²) in [5.74, 6) is -1.59. The molecule has 0 unspecified atom stereocenters. The van der Waals surface area contributed by atoms with Crippen molar-refractivity contribution in [1.29, 1.82) is 0 Å². The summed E-state index contributed by atoms with van der Waals surface area (Å²) in [5.41, 5.74) is 1.39. The van der Waals surface area contributed by atoms with E-state index in [1.807, 2.05) is 11.0 Å². The maximum Gasteiger partial charge on any atom is 0.490 e. The van der Waals surface area contributed by atoms with Gasteiger partial charge < -0.3 is 30.4 Å². The van der Waals surface area contributed by atoms with E-state index in [-0.39, 0.29) is 17.1 Å². The monoisotopic (exact) mass is 674 g/mol. The van der Waals surface area contributed by atoms with Crippen molar-refractivity contribution >= 4 is 41.3 Å². The predicted octanol–water partition coefficient (Wildman–Crippen LogP) is 4.42. The van der Waals surface area contributed by atoms with Crippen LogP contribution in [-0.2, 0) is 30.6 Å². The zero-order valence-corrected chi connectivity index (χ0v) is 25.3. The Labute approximate surface area is 264 Å². The van der Waals surface area contributed by atoms with Gasteiger partial charge in [-0.3, -0.25) is 4.79 Å². The van der Waals surface area contributed by atoms with Crippen molar-refractivity contribution in [1.82, 2.24) is 25.2 Å². The van der Waals surface area contributed by atoms with E-state index in [1.165, 1.54) is 12.1 Å². The van der Waals surface area contributed by atoms with Crippen molar-refractivity contribution in [3.8, 4) is 0 Å². The molecule has 0 aliphatic carbocycles. The van der Waals surface area contributed by atoms with Gasteiger partial charge in [0, 0.05) is 63.4 Å². The summed E-state index contributed by atoms with van der Waals surface area (Å²) in [4.78, 5) is 42.0. The summed E-state index contributed by atoms with van der Waals surface area (Å²) in [7, 11) is 3.85. The Morgan fingerprint density at radius 2 is 1.50 bits per heavy atom. The second-order valence-corrected chi connectivity index (χ2v) is 10.9. The molecule has 11 nitrogen and oxygen atoms in total. The number of likely N-dealkylation sites (N-methyl/N-ethyl adjacent to an activating group) is 1. The van der Waals surface area contributed by atoms with E-state index in [1.54, 1.807) is 19.2 Å². The molecule has 46 heavy (non-hydrogen) atoms. The molecule has 3 heterocycles. The van der Waals surface area contributed by atoms with Crippen molar-refractivity contribution < 1.29 is 41.0 Å². The van der Waals surface area contributed by atoms with E-state index in [2.05, 4.69) is 37.4 Å². The van der Waals surface area contributed by atoms with E-state index < -0.39 is 29.8 Å². The first-order chi connectivity index (χ1) is 21.5. The highest BCUT2D eigenvalue weighted by Gasteiger charge is 2.38. The number of alkyl halides is 6. The molecule has 248 valence electrons. The first kappa shape index (κ1) is 34.5. The number of hydrogen-bond acceptors (Lipinski definition) is 9. The van der Waals surface area contributed by atoms with Crippen LogP contribution in [0.5, 0.6) is 0 Å². The number of amides is 1. The molecule has 1 saturated heterocycles. The molecule has 1 aromatic heterocycles. The summed E-state index contributed by atoms with van der Waals surface area (Å²) in [6, 6.07) is 8.80. The Balaban J connectivity index is 0.000000617. The number of carboxylic acids is 1. The zero-order chi connectivity index (χ0) is 33.8. The normalized spacial score (nSPS) is 15.2. The van der Waals surface area contributed by atoms with E-state index in [4.69, 9.17) is 26.5 Å². The van der Waals surface area contributed by atoms with Crippen LogP contribution in [0.4, 0.5) is 44.2 Å². The van der Waals surface area contributed by atoms with Gasteiger partial charge >= 0.3 is 18.3 Å². The third-order valence-corrected chi connectivity index (χ3v) is 7.39. The lowest BCUT2D eigenvalue weighted by Crippen LogP contribution is -2.45. The number of carbonyl (C=O) groups is 2. The molecule has 18 heteroatoms. The molecule has 0 spiro atoms. The molecular formula is C28H29ClF6N8O3. The molecule has 0 saturated carbocycles. The van der Waals surface area contributed by atoms with Gasteiger partial charge in [-0.25, -0.2) is 4.79 Å². The summed E-state index contributed by atoms with van der Waals surface area (Å²) in [6.45, 7) is 4.26. The van der Waals surface area contributed by atoms with Crippen LogP contribution in [0.2, 0.25) is 5.02 Å². The molecule has 5 rings (SSSR count). The largest absolute Gasteiger partial charge is 0.490 e.